The number of aryl methyl sites for hydroxylation is 1. The van der Waals surface area contributed by atoms with Crippen LogP contribution in [0.15, 0.2) is 66.7 Å². The van der Waals surface area contributed by atoms with E-state index in [2.05, 4.69) is 44.3 Å². The number of rotatable bonds is 13. The molecule has 200 valence electrons. The summed E-state index contributed by atoms with van der Waals surface area (Å²) in [7, 11) is 0. The number of imide groups is 1. The first-order chi connectivity index (χ1) is 18.4. The van der Waals surface area contributed by atoms with Crippen molar-refractivity contribution >= 4 is 12.0 Å². The molecule has 0 aliphatic carbocycles. The third-order valence-corrected chi connectivity index (χ3v) is 6.04. The second kappa shape index (κ2) is 13.0. The molecule has 1 atom stereocenters. The molecule has 1 saturated heterocycles. The summed E-state index contributed by atoms with van der Waals surface area (Å²) in [6.07, 6.45) is 2.03. The van der Waals surface area contributed by atoms with Gasteiger partial charge in [0.05, 0.1) is 13.2 Å². The number of amides is 2. The van der Waals surface area contributed by atoms with Gasteiger partial charge in [0.1, 0.15) is 23.0 Å². The molecule has 1 aliphatic heterocycles. The number of cyclic esters (lactones) is 1. The summed E-state index contributed by atoms with van der Waals surface area (Å²) in [6, 6.07) is 21.2. The molecular weight excluding hydrogens is 482 g/mol. The van der Waals surface area contributed by atoms with Crippen LogP contribution in [0.2, 0.25) is 0 Å². The Labute approximate surface area is 224 Å². The highest BCUT2D eigenvalue weighted by atomic mass is 16.6. The Morgan fingerprint density at radius 3 is 2.21 bits per heavy atom. The number of benzene rings is 3. The highest BCUT2D eigenvalue weighted by molar-refractivity contribution is 6.00. The summed E-state index contributed by atoms with van der Waals surface area (Å²) >= 11 is 0. The van der Waals surface area contributed by atoms with Gasteiger partial charge in [-0.3, -0.25) is 10.1 Å². The van der Waals surface area contributed by atoms with Gasteiger partial charge in [0.25, 0.3) is 5.91 Å². The summed E-state index contributed by atoms with van der Waals surface area (Å²) in [4.78, 5) is 22.9. The Balaban J connectivity index is 1.25. The average Bonchev–Trinajstić information content (AvgIpc) is 3.24. The minimum absolute atomic E-state index is 0.460. The molecule has 0 radical (unpaired) electrons. The Morgan fingerprint density at radius 2 is 1.55 bits per heavy atom. The third-order valence-electron chi connectivity index (χ3n) is 6.04. The summed E-state index contributed by atoms with van der Waals surface area (Å²) in [5, 5.41) is 2.12. The van der Waals surface area contributed by atoms with Crippen molar-refractivity contribution in [2.24, 2.45) is 5.92 Å². The Morgan fingerprint density at radius 1 is 0.868 bits per heavy atom. The summed E-state index contributed by atoms with van der Waals surface area (Å²) in [5.74, 6) is 3.32. The molecule has 4 rings (SSSR count). The SMILES string of the molecule is CCCc1cc(Oc2ccc(CC(C)C)cc2)ccc1OCCCOc1ccc(C2OC(=O)NC2=O)cc1. The van der Waals surface area contributed by atoms with Gasteiger partial charge in [0, 0.05) is 12.0 Å². The van der Waals surface area contributed by atoms with Crippen molar-refractivity contribution in [3.05, 3.63) is 83.4 Å². The van der Waals surface area contributed by atoms with Crippen LogP contribution in [0.25, 0.3) is 0 Å². The average molecular weight is 518 g/mol. The van der Waals surface area contributed by atoms with E-state index in [4.69, 9.17) is 18.9 Å². The van der Waals surface area contributed by atoms with Gasteiger partial charge in [-0.25, -0.2) is 4.79 Å². The van der Waals surface area contributed by atoms with Crippen molar-refractivity contribution in [3.63, 3.8) is 0 Å². The lowest BCUT2D eigenvalue weighted by atomic mass is 10.0. The first-order valence-corrected chi connectivity index (χ1v) is 13.2. The predicted molar refractivity (Wildman–Crippen MR) is 145 cm³/mol. The summed E-state index contributed by atoms with van der Waals surface area (Å²) in [5.41, 5.74) is 3.03. The maximum atomic E-state index is 11.7. The lowest BCUT2D eigenvalue weighted by molar-refractivity contribution is -0.123. The largest absolute Gasteiger partial charge is 0.493 e. The quantitative estimate of drug-likeness (QED) is 0.252. The molecule has 3 aromatic rings. The minimum Gasteiger partial charge on any atom is -0.493 e. The topological polar surface area (TPSA) is 83.1 Å². The first-order valence-electron chi connectivity index (χ1n) is 13.2. The van der Waals surface area contributed by atoms with E-state index in [0.717, 1.165) is 42.1 Å². The van der Waals surface area contributed by atoms with Gasteiger partial charge >= 0.3 is 6.09 Å². The highest BCUT2D eigenvalue weighted by Crippen LogP contribution is 2.30. The number of carbonyl (C=O) groups is 2. The number of hydrogen-bond acceptors (Lipinski definition) is 6. The van der Waals surface area contributed by atoms with Crippen molar-refractivity contribution in [1.29, 1.82) is 0 Å². The second-order valence-electron chi connectivity index (χ2n) is 9.76. The van der Waals surface area contributed by atoms with E-state index in [9.17, 15) is 9.59 Å². The summed E-state index contributed by atoms with van der Waals surface area (Å²) in [6.45, 7) is 7.58. The van der Waals surface area contributed by atoms with Crippen LogP contribution >= 0.6 is 0 Å². The third kappa shape index (κ3) is 7.51. The molecule has 0 bridgehead atoms. The van der Waals surface area contributed by atoms with E-state index >= 15 is 0 Å². The molecule has 3 aromatic carbocycles. The van der Waals surface area contributed by atoms with Crippen LogP contribution in [0.3, 0.4) is 0 Å². The van der Waals surface area contributed by atoms with Crippen LogP contribution in [-0.2, 0) is 22.4 Å². The van der Waals surface area contributed by atoms with Gasteiger partial charge in [-0.05, 0) is 72.4 Å². The van der Waals surface area contributed by atoms with E-state index in [1.165, 1.54) is 5.56 Å². The monoisotopic (exact) mass is 517 g/mol. The first kappa shape index (κ1) is 27.0. The normalized spacial score (nSPS) is 14.8. The van der Waals surface area contributed by atoms with Crippen LogP contribution in [-0.4, -0.2) is 25.2 Å². The molecule has 1 N–H and O–H groups in total. The van der Waals surface area contributed by atoms with E-state index in [1.54, 1.807) is 24.3 Å². The molecule has 0 aromatic heterocycles. The van der Waals surface area contributed by atoms with Crippen molar-refractivity contribution in [2.45, 2.75) is 52.6 Å². The number of alkyl carbamates (subject to hydrolysis) is 1. The predicted octanol–water partition coefficient (Wildman–Crippen LogP) is 6.79. The zero-order valence-corrected chi connectivity index (χ0v) is 22.2. The highest BCUT2D eigenvalue weighted by Gasteiger charge is 2.33. The van der Waals surface area contributed by atoms with Crippen LogP contribution in [0.4, 0.5) is 4.79 Å². The molecule has 7 heteroatoms. The lowest BCUT2D eigenvalue weighted by Crippen LogP contribution is -2.20. The fraction of sp³-hybridized carbons (Fsp3) is 0.355. The zero-order chi connectivity index (χ0) is 26.9. The number of ether oxygens (including phenoxy) is 4. The van der Waals surface area contributed by atoms with Crippen molar-refractivity contribution in [2.75, 3.05) is 13.2 Å². The Kier molecular flexibility index (Phi) is 9.25. The Bertz CT molecular complexity index is 1220. The minimum atomic E-state index is -0.908. The lowest BCUT2D eigenvalue weighted by Gasteiger charge is -2.14. The fourth-order valence-electron chi connectivity index (χ4n) is 4.27. The second-order valence-corrected chi connectivity index (χ2v) is 9.76. The van der Waals surface area contributed by atoms with Crippen LogP contribution in [0.5, 0.6) is 23.0 Å². The van der Waals surface area contributed by atoms with Gasteiger partial charge < -0.3 is 18.9 Å². The van der Waals surface area contributed by atoms with Crippen molar-refractivity contribution in [3.8, 4) is 23.0 Å². The summed E-state index contributed by atoms with van der Waals surface area (Å²) < 4.78 is 22.9. The smallest absolute Gasteiger partial charge is 0.415 e. The van der Waals surface area contributed by atoms with Gasteiger partial charge in [0.2, 0.25) is 6.10 Å². The molecule has 2 amide bonds. The molecule has 1 fully saturated rings. The molecule has 0 saturated carbocycles. The molecule has 1 aliphatic rings. The standard InChI is InChI=1S/C31H35NO6/c1-4-6-24-20-27(37-26-11-7-22(8-12-26)19-21(2)3)15-16-28(24)36-18-5-17-35-25-13-9-23(10-14-25)29-30(33)32-31(34)38-29/h7-16,20-21,29H,4-6,17-19H2,1-3H3,(H,32,33,34). The van der Waals surface area contributed by atoms with E-state index in [1.807, 2.05) is 24.3 Å². The number of carbonyl (C=O) groups excluding carboxylic acids is 2. The van der Waals surface area contributed by atoms with Crippen molar-refractivity contribution < 1.29 is 28.5 Å². The van der Waals surface area contributed by atoms with Gasteiger partial charge in [-0.2, -0.15) is 0 Å². The molecule has 7 nitrogen and oxygen atoms in total. The van der Waals surface area contributed by atoms with Gasteiger partial charge in [-0.15, -0.1) is 0 Å². The van der Waals surface area contributed by atoms with Crippen molar-refractivity contribution in [1.82, 2.24) is 5.32 Å². The molecule has 0 spiro atoms. The molecule has 1 unspecified atom stereocenters. The zero-order valence-electron chi connectivity index (χ0n) is 22.2. The van der Waals surface area contributed by atoms with E-state index in [-0.39, 0.29) is 0 Å². The molecule has 1 heterocycles. The molecule has 38 heavy (non-hydrogen) atoms. The Hall–Kier alpha value is -4.00. The van der Waals surface area contributed by atoms with Gasteiger partial charge in [-0.1, -0.05) is 51.5 Å². The van der Waals surface area contributed by atoms with Crippen LogP contribution < -0.4 is 19.5 Å². The van der Waals surface area contributed by atoms with E-state index in [0.29, 0.717) is 36.9 Å². The maximum Gasteiger partial charge on any atom is 0.415 e. The number of hydrogen-bond donors (Lipinski definition) is 1. The van der Waals surface area contributed by atoms with E-state index < -0.39 is 18.1 Å². The van der Waals surface area contributed by atoms with Gasteiger partial charge in [0.15, 0.2) is 0 Å². The van der Waals surface area contributed by atoms with Crippen LogP contribution in [0.1, 0.15) is 56.4 Å². The fourth-order valence-corrected chi connectivity index (χ4v) is 4.27. The van der Waals surface area contributed by atoms with Crippen LogP contribution in [0, 0.1) is 5.92 Å². The molecular formula is C31H35NO6. The maximum absolute atomic E-state index is 11.7. The number of nitrogens with one attached hydrogen (secondary N) is 1.